The molecule has 2 aromatic carbocycles. The lowest BCUT2D eigenvalue weighted by atomic mass is 10.1. The molecule has 0 unspecified atom stereocenters. The van der Waals surface area contributed by atoms with Crippen LogP contribution in [-0.2, 0) is 11.3 Å². The smallest absolute Gasteiger partial charge is 0.269 e. The van der Waals surface area contributed by atoms with Crippen LogP contribution >= 0.6 is 15.9 Å². The van der Waals surface area contributed by atoms with E-state index in [4.69, 9.17) is 0 Å². The average Bonchev–Trinajstić information content (AvgIpc) is 2.71. The zero-order valence-electron chi connectivity index (χ0n) is 14.9. The fraction of sp³-hybridized carbons (Fsp3) is 0.0526. The predicted octanol–water partition coefficient (Wildman–Crippen LogP) is 2.73. The van der Waals surface area contributed by atoms with E-state index in [2.05, 4.69) is 31.6 Å². The molecular weight excluding hydrogens is 442 g/mol. The summed E-state index contributed by atoms with van der Waals surface area (Å²) in [4.78, 5) is 34.2. The summed E-state index contributed by atoms with van der Waals surface area (Å²) in [6, 6.07) is 16.0. The number of halogens is 1. The Morgan fingerprint density at radius 1 is 1.14 bits per heavy atom. The summed E-state index contributed by atoms with van der Waals surface area (Å²) in [5.41, 5.74) is 3.78. The molecule has 146 valence electrons. The van der Waals surface area contributed by atoms with Gasteiger partial charge in [-0.3, -0.25) is 19.7 Å². The summed E-state index contributed by atoms with van der Waals surface area (Å²) in [6.07, 6.45) is 1.34. The summed E-state index contributed by atoms with van der Waals surface area (Å²) in [7, 11) is 0. The molecule has 3 aromatic rings. The van der Waals surface area contributed by atoms with E-state index in [1.807, 2.05) is 24.3 Å². The summed E-state index contributed by atoms with van der Waals surface area (Å²) in [6.45, 7) is -0.305. The van der Waals surface area contributed by atoms with Gasteiger partial charge < -0.3 is 0 Å². The lowest BCUT2D eigenvalue weighted by Crippen LogP contribution is -2.31. The monoisotopic (exact) mass is 455 g/mol. The molecule has 9 nitrogen and oxygen atoms in total. The van der Waals surface area contributed by atoms with Crippen LogP contribution < -0.4 is 11.0 Å². The van der Waals surface area contributed by atoms with Gasteiger partial charge in [-0.2, -0.15) is 10.2 Å². The third-order valence-electron chi connectivity index (χ3n) is 3.81. The first-order valence-electron chi connectivity index (χ1n) is 8.33. The van der Waals surface area contributed by atoms with Crippen LogP contribution in [0.15, 0.2) is 75.0 Å². The Hall–Kier alpha value is -3.66. The lowest BCUT2D eigenvalue weighted by molar-refractivity contribution is -0.384. The van der Waals surface area contributed by atoms with Gasteiger partial charge >= 0.3 is 0 Å². The van der Waals surface area contributed by atoms with Gasteiger partial charge in [0.2, 0.25) is 0 Å². The molecule has 0 bridgehead atoms. The minimum atomic E-state index is -0.536. The Morgan fingerprint density at radius 3 is 2.48 bits per heavy atom. The molecule has 29 heavy (non-hydrogen) atoms. The fourth-order valence-electron chi connectivity index (χ4n) is 2.37. The normalized spacial score (nSPS) is 10.8. The molecule has 0 fully saturated rings. The van der Waals surface area contributed by atoms with Crippen LogP contribution in [-0.4, -0.2) is 26.8 Å². The van der Waals surface area contributed by atoms with Crippen molar-refractivity contribution in [3.05, 3.63) is 91.2 Å². The molecule has 1 aromatic heterocycles. The highest BCUT2D eigenvalue weighted by molar-refractivity contribution is 9.10. The number of hydrazone groups is 1. The third kappa shape index (κ3) is 5.42. The van der Waals surface area contributed by atoms with E-state index in [0.29, 0.717) is 11.3 Å². The number of benzene rings is 2. The number of carbonyl (C=O) groups is 1. The van der Waals surface area contributed by atoms with Gasteiger partial charge in [-0.15, -0.1) is 0 Å². The fourth-order valence-corrected chi connectivity index (χ4v) is 2.63. The Bertz CT molecular complexity index is 1120. The second-order valence-corrected chi connectivity index (χ2v) is 6.78. The van der Waals surface area contributed by atoms with Crippen molar-refractivity contribution >= 4 is 33.7 Å². The van der Waals surface area contributed by atoms with Crippen molar-refractivity contribution in [1.29, 1.82) is 0 Å². The van der Waals surface area contributed by atoms with Crippen LogP contribution in [0.2, 0.25) is 0 Å². The van der Waals surface area contributed by atoms with Crippen molar-refractivity contribution in [3.8, 4) is 11.3 Å². The van der Waals surface area contributed by atoms with Gasteiger partial charge in [0.05, 0.1) is 16.8 Å². The number of hydrogen-bond acceptors (Lipinski definition) is 6. The van der Waals surface area contributed by atoms with Gasteiger partial charge in [0.15, 0.2) is 0 Å². The molecule has 0 atom stereocenters. The molecule has 3 rings (SSSR count). The highest BCUT2D eigenvalue weighted by Crippen LogP contribution is 2.18. The summed E-state index contributed by atoms with van der Waals surface area (Å²) in [5, 5.41) is 18.6. The highest BCUT2D eigenvalue weighted by atomic mass is 79.9. The number of hydrogen-bond donors (Lipinski definition) is 1. The molecule has 0 aliphatic rings. The van der Waals surface area contributed by atoms with E-state index < -0.39 is 16.4 Å². The quantitative estimate of drug-likeness (QED) is 0.348. The van der Waals surface area contributed by atoms with Crippen molar-refractivity contribution in [2.75, 3.05) is 0 Å². The predicted molar refractivity (Wildman–Crippen MR) is 110 cm³/mol. The number of nitrogens with zero attached hydrogens (tertiary/aromatic N) is 4. The number of nitro groups is 1. The number of aromatic nitrogens is 2. The molecule has 1 heterocycles. The summed E-state index contributed by atoms with van der Waals surface area (Å²) < 4.78 is 1.97. The second kappa shape index (κ2) is 9.02. The van der Waals surface area contributed by atoms with Crippen LogP contribution in [0.4, 0.5) is 5.69 Å². The van der Waals surface area contributed by atoms with E-state index in [0.717, 1.165) is 14.7 Å². The van der Waals surface area contributed by atoms with Crippen LogP contribution in [0.25, 0.3) is 11.3 Å². The molecule has 0 saturated heterocycles. The Balaban J connectivity index is 1.65. The average molecular weight is 456 g/mol. The maximum Gasteiger partial charge on any atom is 0.269 e. The zero-order valence-corrected chi connectivity index (χ0v) is 16.4. The number of carbonyl (C=O) groups excluding carboxylic acids is 1. The van der Waals surface area contributed by atoms with Gasteiger partial charge in [0, 0.05) is 28.2 Å². The van der Waals surface area contributed by atoms with Crippen LogP contribution in [0.1, 0.15) is 5.56 Å². The van der Waals surface area contributed by atoms with Crippen molar-refractivity contribution in [2.45, 2.75) is 6.54 Å². The minimum Gasteiger partial charge on any atom is -0.271 e. The van der Waals surface area contributed by atoms with Crippen LogP contribution in [0.5, 0.6) is 0 Å². The molecule has 1 amide bonds. The first-order valence-corrected chi connectivity index (χ1v) is 9.12. The lowest BCUT2D eigenvalue weighted by Gasteiger charge is -2.06. The topological polar surface area (TPSA) is 119 Å². The molecular formula is C19H14BrN5O4. The SMILES string of the molecule is O=C(Cn1nc(-c2ccc(Br)cc2)ccc1=O)N/N=C/c1ccc([N+](=O)[O-])cc1. The Labute approximate surface area is 173 Å². The van der Waals surface area contributed by atoms with Gasteiger partial charge in [0.1, 0.15) is 6.54 Å². The number of rotatable bonds is 6. The molecule has 10 heteroatoms. The maximum absolute atomic E-state index is 12.1. The molecule has 0 radical (unpaired) electrons. The van der Waals surface area contributed by atoms with E-state index in [-0.39, 0.29) is 12.2 Å². The molecule has 1 N–H and O–H groups in total. The second-order valence-electron chi connectivity index (χ2n) is 5.86. The summed E-state index contributed by atoms with van der Waals surface area (Å²) in [5.74, 6) is -0.536. The number of amides is 1. The van der Waals surface area contributed by atoms with Gasteiger partial charge in [0.25, 0.3) is 17.2 Å². The van der Waals surface area contributed by atoms with Crippen molar-refractivity contribution in [3.63, 3.8) is 0 Å². The Morgan fingerprint density at radius 2 is 1.83 bits per heavy atom. The van der Waals surface area contributed by atoms with Gasteiger partial charge in [-0.1, -0.05) is 28.1 Å². The maximum atomic E-state index is 12.1. The van der Waals surface area contributed by atoms with Crippen LogP contribution in [0, 0.1) is 10.1 Å². The Kier molecular flexibility index (Phi) is 6.25. The van der Waals surface area contributed by atoms with E-state index in [9.17, 15) is 19.7 Å². The molecule has 0 aliphatic carbocycles. The third-order valence-corrected chi connectivity index (χ3v) is 4.34. The molecule has 0 saturated carbocycles. The first-order chi connectivity index (χ1) is 13.9. The minimum absolute atomic E-state index is 0.0395. The van der Waals surface area contributed by atoms with Gasteiger partial charge in [-0.05, 0) is 35.9 Å². The number of nitro benzene ring substituents is 1. The zero-order chi connectivity index (χ0) is 20.8. The largest absolute Gasteiger partial charge is 0.271 e. The van der Waals surface area contributed by atoms with E-state index in [1.54, 1.807) is 6.07 Å². The number of non-ortho nitro benzene ring substituents is 1. The van der Waals surface area contributed by atoms with Crippen molar-refractivity contribution in [2.24, 2.45) is 5.10 Å². The van der Waals surface area contributed by atoms with E-state index in [1.165, 1.54) is 36.5 Å². The molecule has 0 aliphatic heterocycles. The number of nitrogens with one attached hydrogen (secondary N) is 1. The van der Waals surface area contributed by atoms with Gasteiger partial charge in [-0.25, -0.2) is 10.1 Å². The highest BCUT2D eigenvalue weighted by Gasteiger charge is 2.08. The summed E-state index contributed by atoms with van der Waals surface area (Å²) >= 11 is 3.36. The van der Waals surface area contributed by atoms with Crippen LogP contribution in [0.3, 0.4) is 0 Å². The van der Waals surface area contributed by atoms with E-state index >= 15 is 0 Å². The molecule has 0 spiro atoms. The van der Waals surface area contributed by atoms with Crippen molar-refractivity contribution in [1.82, 2.24) is 15.2 Å². The first kappa shape index (κ1) is 20.1. The van der Waals surface area contributed by atoms with Crippen molar-refractivity contribution < 1.29 is 9.72 Å². The standard InChI is InChI=1S/C19H14BrN5O4/c20-15-5-3-14(4-6-15)17-9-10-19(27)24(23-17)12-18(26)22-21-11-13-1-7-16(8-2-13)25(28)29/h1-11H,12H2,(H,22,26)/b21-11+.